The van der Waals surface area contributed by atoms with Crippen LogP contribution in [-0.4, -0.2) is 5.33 Å². The smallest absolute Gasteiger partial charge is 0.00659 e. The lowest BCUT2D eigenvalue weighted by atomic mass is 10.2. The van der Waals surface area contributed by atoms with Gasteiger partial charge in [-0.15, -0.1) is 0 Å². The van der Waals surface area contributed by atoms with Gasteiger partial charge in [0.25, 0.3) is 0 Å². The van der Waals surface area contributed by atoms with Crippen molar-refractivity contribution in [2.24, 2.45) is 0 Å². The third-order valence-corrected chi connectivity index (χ3v) is 2.81. The Balaban J connectivity index is 2.11. The van der Waals surface area contributed by atoms with Crippen LogP contribution in [0.15, 0.2) is 29.0 Å². The van der Waals surface area contributed by atoms with Crippen molar-refractivity contribution in [3.63, 3.8) is 0 Å². The lowest BCUT2D eigenvalue weighted by molar-refractivity contribution is 1.000. The van der Waals surface area contributed by atoms with Gasteiger partial charge < -0.3 is 0 Å². The highest BCUT2D eigenvalue weighted by Crippen LogP contribution is 2.08. The maximum atomic E-state index is 3.39. The van der Waals surface area contributed by atoms with Crippen molar-refractivity contribution in [1.29, 1.82) is 0 Å². The van der Waals surface area contributed by atoms with Gasteiger partial charge in [0.1, 0.15) is 0 Å². The highest BCUT2D eigenvalue weighted by Gasteiger charge is 1.89. The number of rotatable bonds is 5. The molecule has 0 N–H and O–H groups in total. The molecule has 12 heavy (non-hydrogen) atoms. The second-order valence-corrected chi connectivity index (χ2v) is 4.19. The minimum absolute atomic E-state index is 1.07. The maximum Gasteiger partial charge on any atom is 0.00659 e. The molecule has 0 aromatic carbocycles. The van der Waals surface area contributed by atoms with Crippen molar-refractivity contribution in [3.05, 3.63) is 34.5 Å². The zero-order chi connectivity index (χ0) is 8.65. The first-order valence-corrected chi connectivity index (χ1v) is 6.22. The molecular formula is C10H13BrS. The second kappa shape index (κ2) is 6.44. The predicted molar refractivity (Wildman–Crippen MR) is 60.2 cm³/mol. The molecule has 0 bridgehead atoms. The molecule has 2 heteroatoms. The summed E-state index contributed by atoms with van der Waals surface area (Å²) in [5.41, 5.74) is 1.46. The quantitative estimate of drug-likeness (QED) is 0.543. The van der Waals surface area contributed by atoms with Gasteiger partial charge in [-0.05, 0) is 41.7 Å². The highest BCUT2D eigenvalue weighted by molar-refractivity contribution is 9.09. The largest absolute Gasteiger partial charge is 0.152 e. The normalized spacial score (nSPS) is 11.1. The number of alkyl halides is 1. The van der Waals surface area contributed by atoms with Gasteiger partial charge in [0.2, 0.25) is 0 Å². The first-order chi connectivity index (χ1) is 5.93. The molecular weight excluding hydrogens is 232 g/mol. The highest BCUT2D eigenvalue weighted by atomic mass is 79.9. The van der Waals surface area contributed by atoms with Crippen molar-refractivity contribution in [3.8, 4) is 0 Å². The van der Waals surface area contributed by atoms with Crippen molar-refractivity contribution in [2.45, 2.75) is 19.3 Å². The Labute approximate surface area is 86.4 Å². The molecule has 0 aliphatic rings. The van der Waals surface area contributed by atoms with E-state index in [-0.39, 0.29) is 0 Å². The standard InChI is InChI=1S/C10H13BrS/c11-7-4-2-1-3-5-10-6-8-12-9-10/h1-2,6,8-9H,3-5,7H2. The fourth-order valence-corrected chi connectivity index (χ4v) is 1.95. The van der Waals surface area contributed by atoms with Gasteiger partial charge in [0.15, 0.2) is 0 Å². The fraction of sp³-hybridized carbons (Fsp3) is 0.400. The van der Waals surface area contributed by atoms with E-state index in [1.807, 2.05) is 0 Å². The van der Waals surface area contributed by atoms with Crippen LogP contribution >= 0.6 is 27.3 Å². The van der Waals surface area contributed by atoms with E-state index in [0.717, 1.165) is 11.8 Å². The summed E-state index contributed by atoms with van der Waals surface area (Å²) in [7, 11) is 0. The van der Waals surface area contributed by atoms with E-state index in [4.69, 9.17) is 0 Å². The number of halogens is 1. The summed E-state index contributed by atoms with van der Waals surface area (Å²) < 4.78 is 0. The van der Waals surface area contributed by atoms with Crippen LogP contribution in [-0.2, 0) is 6.42 Å². The van der Waals surface area contributed by atoms with Crippen LogP contribution in [0.5, 0.6) is 0 Å². The van der Waals surface area contributed by atoms with Gasteiger partial charge in [-0.3, -0.25) is 0 Å². The Hall–Kier alpha value is -0.0800. The van der Waals surface area contributed by atoms with Crippen LogP contribution in [0.25, 0.3) is 0 Å². The molecule has 0 aliphatic heterocycles. The van der Waals surface area contributed by atoms with Crippen LogP contribution in [0.4, 0.5) is 0 Å². The van der Waals surface area contributed by atoms with Gasteiger partial charge in [-0.1, -0.05) is 28.1 Å². The van der Waals surface area contributed by atoms with E-state index < -0.39 is 0 Å². The zero-order valence-electron chi connectivity index (χ0n) is 7.00. The van der Waals surface area contributed by atoms with Crippen LogP contribution in [0.3, 0.4) is 0 Å². The summed E-state index contributed by atoms with van der Waals surface area (Å²) in [6, 6.07) is 2.20. The van der Waals surface area contributed by atoms with E-state index in [1.54, 1.807) is 11.3 Å². The minimum Gasteiger partial charge on any atom is -0.152 e. The molecule has 0 nitrogen and oxygen atoms in total. The van der Waals surface area contributed by atoms with Crippen molar-refractivity contribution >= 4 is 27.3 Å². The summed E-state index contributed by atoms with van der Waals surface area (Å²) in [6.45, 7) is 0. The van der Waals surface area contributed by atoms with Crippen LogP contribution < -0.4 is 0 Å². The van der Waals surface area contributed by atoms with Crippen molar-refractivity contribution < 1.29 is 0 Å². The first kappa shape index (κ1) is 10.0. The molecule has 66 valence electrons. The topological polar surface area (TPSA) is 0 Å². The van der Waals surface area contributed by atoms with Gasteiger partial charge >= 0.3 is 0 Å². The summed E-state index contributed by atoms with van der Waals surface area (Å²) in [5, 5.41) is 5.43. The minimum atomic E-state index is 1.07. The van der Waals surface area contributed by atoms with E-state index in [9.17, 15) is 0 Å². The Morgan fingerprint density at radius 1 is 1.33 bits per heavy atom. The molecule has 1 heterocycles. The molecule has 1 rings (SSSR count). The third kappa shape index (κ3) is 4.07. The van der Waals surface area contributed by atoms with E-state index in [0.29, 0.717) is 0 Å². The molecule has 0 saturated carbocycles. The van der Waals surface area contributed by atoms with Crippen LogP contribution in [0.2, 0.25) is 0 Å². The number of aryl methyl sites for hydroxylation is 1. The van der Waals surface area contributed by atoms with E-state index in [1.165, 1.54) is 18.4 Å². The average molecular weight is 245 g/mol. The predicted octanol–water partition coefficient (Wildman–Crippen LogP) is 4.02. The number of thiophene rings is 1. The summed E-state index contributed by atoms with van der Waals surface area (Å²) in [5.74, 6) is 0. The van der Waals surface area contributed by atoms with Gasteiger partial charge in [0, 0.05) is 5.33 Å². The molecule has 0 radical (unpaired) electrons. The maximum absolute atomic E-state index is 3.39. The number of hydrogen-bond donors (Lipinski definition) is 0. The summed E-state index contributed by atoms with van der Waals surface area (Å²) >= 11 is 5.17. The van der Waals surface area contributed by atoms with Gasteiger partial charge in [0.05, 0.1) is 0 Å². The second-order valence-electron chi connectivity index (χ2n) is 2.62. The third-order valence-electron chi connectivity index (χ3n) is 1.62. The SMILES string of the molecule is BrCCC=CCCc1ccsc1. The number of hydrogen-bond acceptors (Lipinski definition) is 1. The fourth-order valence-electron chi connectivity index (χ4n) is 0.984. The Kier molecular flexibility index (Phi) is 5.37. The van der Waals surface area contributed by atoms with Gasteiger partial charge in [-0.25, -0.2) is 0 Å². The van der Waals surface area contributed by atoms with Crippen molar-refractivity contribution in [1.82, 2.24) is 0 Å². The molecule has 0 amide bonds. The van der Waals surface area contributed by atoms with Crippen LogP contribution in [0, 0.1) is 0 Å². The summed E-state index contributed by atoms with van der Waals surface area (Å²) in [4.78, 5) is 0. The molecule has 0 spiro atoms. The van der Waals surface area contributed by atoms with E-state index >= 15 is 0 Å². The Morgan fingerprint density at radius 3 is 2.83 bits per heavy atom. The molecule has 1 aromatic rings. The molecule has 0 saturated heterocycles. The Bertz CT molecular complexity index is 214. The molecule has 0 atom stereocenters. The lowest BCUT2D eigenvalue weighted by Gasteiger charge is -1.90. The zero-order valence-corrected chi connectivity index (χ0v) is 9.40. The first-order valence-electron chi connectivity index (χ1n) is 4.15. The van der Waals surface area contributed by atoms with Gasteiger partial charge in [-0.2, -0.15) is 11.3 Å². The molecule has 0 fully saturated rings. The number of allylic oxidation sites excluding steroid dienone is 2. The lowest BCUT2D eigenvalue weighted by Crippen LogP contribution is -1.77. The average Bonchev–Trinajstić information content (AvgIpc) is 2.57. The summed E-state index contributed by atoms with van der Waals surface area (Å²) in [6.07, 6.45) is 8.00. The molecule has 0 aliphatic carbocycles. The van der Waals surface area contributed by atoms with Crippen LogP contribution in [0.1, 0.15) is 18.4 Å². The molecule has 0 unspecified atom stereocenters. The monoisotopic (exact) mass is 244 g/mol. The van der Waals surface area contributed by atoms with Crippen molar-refractivity contribution in [2.75, 3.05) is 5.33 Å². The Morgan fingerprint density at radius 2 is 2.17 bits per heavy atom. The van der Waals surface area contributed by atoms with E-state index in [2.05, 4.69) is 44.9 Å². The molecule has 1 aromatic heterocycles.